The third-order valence-electron chi connectivity index (χ3n) is 1.16. The predicted octanol–water partition coefficient (Wildman–Crippen LogP) is 0.0684. The number of amides is 1. The zero-order chi connectivity index (χ0) is 8.69. The summed E-state index contributed by atoms with van der Waals surface area (Å²) in [5.74, 6) is 0. The molecule has 0 bridgehead atoms. The molecule has 64 valence electrons. The van der Waals surface area contributed by atoms with Crippen LogP contribution < -0.4 is 0 Å². The van der Waals surface area contributed by atoms with Crippen LogP contribution in [0.15, 0.2) is 0 Å². The molecule has 1 atom stereocenters. The molecule has 0 fully saturated rings. The van der Waals surface area contributed by atoms with Crippen LogP contribution in [-0.2, 0) is 9.53 Å². The van der Waals surface area contributed by atoms with E-state index in [1.54, 1.807) is 0 Å². The van der Waals surface area contributed by atoms with Crippen LogP contribution in [0.4, 0.5) is 0 Å². The van der Waals surface area contributed by atoms with E-state index in [1.807, 2.05) is 6.92 Å². The Balaban J connectivity index is 0. The molecule has 3 nitrogen and oxygen atoms in total. The van der Waals surface area contributed by atoms with Crippen molar-refractivity contribution in [3.05, 3.63) is 6.92 Å². The van der Waals surface area contributed by atoms with Crippen LogP contribution >= 0.6 is 0 Å². The standard InChI is InChI=1S/C7H12BNO2.U/c1-3-4-11-5-7(2)9(8)6-10;/h7H,2-5H2,1H3;/q-2;+2/t7-;/m1./s1. The van der Waals surface area contributed by atoms with Gasteiger partial charge in [0.1, 0.15) is 0 Å². The summed E-state index contributed by atoms with van der Waals surface area (Å²) in [6.07, 6.45) is 2.46. The second kappa shape index (κ2) is 9.63. The molecule has 0 heterocycles. The normalized spacial score (nSPS) is 11.5. The van der Waals surface area contributed by atoms with E-state index < -0.39 is 0 Å². The summed E-state index contributed by atoms with van der Waals surface area (Å²) in [5.41, 5.74) is 0. The molecule has 0 unspecified atom stereocenters. The van der Waals surface area contributed by atoms with Gasteiger partial charge >= 0.3 is 31.1 Å². The first kappa shape index (κ1) is 15.0. The summed E-state index contributed by atoms with van der Waals surface area (Å²) in [4.78, 5) is 10.8. The minimum absolute atomic E-state index is 0. The van der Waals surface area contributed by atoms with Crippen LogP contribution in [-0.4, -0.2) is 38.5 Å². The topological polar surface area (TPSA) is 29.5 Å². The van der Waals surface area contributed by atoms with E-state index in [9.17, 15) is 4.79 Å². The Bertz CT molecular complexity index is 116. The molecule has 0 saturated heterocycles. The molecule has 12 heavy (non-hydrogen) atoms. The fourth-order valence-corrected chi connectivity index (χ4v) is 0.519. The average molecular weight is 391 g/mol. The maximum Gasteiger partial charge on any atom is 2.00 e. The Labute approximate surface area is 99.0 Å². The minimum atomic E-state index is -0.348. The van der Waals surface area contributed by atoms with Crippen molar-refractivity contribution in [3.63, 3.8) is 0 Å². The van der Waals surface area contributed by atoms with Gasteiger partial charge in [-0.25, -0.2) is 0 Å². The Hall–Kier alpha value is 0.547. The average Bonchev–Trinajstić information content (AvgIpc) is 2.03. The molecule has 0 aliphatic heterocycles. The van der Waals surface area contributed by atoms with Gasteiger partial charge < -0.3 is 21.3 Å². The molecule has 0 aliphatic rings. The summed E-state index contributed by atoms with van der Waals surface area (Å²) in [5, 5.41) is 0. The molecule has 0 saturated carbocycles. The van der Waals surface area contributed by atoms with Gasteiger partial charge in [0.2, 0.25) is 0 Å². The van der Waals surface area contributed by atoms with E-state index in [2.05, 4.69) is 6.92 Å². The van der Waals surface area contributed by atoms with Crippen molar-refractivity contribution < 1.29 is 40.6 Å². The van der Waals surface area contributed by atoms with Crippen LogP contribution in [0.2, 0.25) is 0 Å². The number of rotatable bonds is 6. The predicted molar refractivity (Wildman–Crippen MR) is 43.5 cm³/mol. The van der Waals surface area contributed by atoms with E-state index in [1.165, 1.54) is 6.41 Å². The maximum absolute atomic E-state index is 9.96. The molecule has 1 amide bonds. The molecule has 0 aliphatic carbocycles. The van der Waals surface area contributed by atoms with E-state index in [0.717, 1.165) is 11.2 Å². The van der Waals surface area contributed by atoms with Crippen molar-refractivity contribution in [2.24, 2.45) is 0 Å². The van der Waals surface area contributed by atoms with E-state index in [0.29, 0.717) is 13.2 Å². The summed E-state index contributed by atoms with van der Waals surface area (Å²) in [7, 11) is 5.17. The molecule has 5 heteroatoms. The van der Waals surface area contributed by atoms with Gasteiger partial charge in [0, 0.05) is 13.2 Å². The van der Waals surface area contributed by atoms with E-state index in [-0.39, 0.29) is 37.2 Å². The molecule has 0 aromatic rings. The van der Waals surface area contributed by atoms with Crippen LogP contribution in [0.1, 0.15) is 13.3 Å². The Morgan fingerprint density at radius 3 is 2.75 bits per heavy atom. The largest absolute Gasteiger partial charge is 2.00 e. The minimum Gasteiger partial charge on any atom is -0.592 e. The smallest absolute Gasteiger partial charge is 0.592 e. The first-order valence-electron chi connectivity index (χ1n) is 3.55. The van der Waals surface area contributed by atoms with Gasteiger partial charge in [-0.3, -0.25) is 0 Å². The SMILES string of the molecule is [B]N([C-]=O)[C@H]([CH2-])COCCC.[U+2]. The second-order valence-electron chi connectivity index (χ2n) is 2.23. The monoisotopic (exact) mass is 391 g/mol. The zero-order valence-corrected chi connectivity index (χ0v) is 11.4. The summed E-state index contributed by atoms with van der Waals surface area (Å²) < 4.78 is 5.10. The molecule has 0 N–H and O–H groups in total. The Morgan fingerprint density at radius 1 is 1.75 bits per heavy atom. The van der Waals surface area contributed by atoms with Crippen LogP contribution in [0.5, 0.6) is 0 Å². The first-order valence-corrected chi connectivity index (χ1v) is 3.55. The third kappa shape index (κ3) is 7.21. The maximum atomic E-state index is 9.96. The molecule has 2 radical (unpaired) electrons. The Kier molecular flexibility index (Phi) is 12.1. The molecule has 0 aromatic carbocycles. The van der Waals surface area contributed by atoms with Gasteiger partial charge in [0.05, 0.1) is 0 Å². The first-order chi connectivity index (χ1) is 5.22. The van der Waals surface area contributed by atoms with E-state index in [4.69, 9.17) is 12.7 Å². The number of hydrogen-bond donors (Lipinski definition) is 0. The van der Waals surface area contributed by atoms with Gasteiger partial charge in [0.25, 0.3) is 0 Å². The molecule has 0 aromatic heterocycles. The number of hydrogen-bond acceptors (Lipinski definition) is 2. The Morgan fingerprint density at radius 2 is 2.33 bits per heavy atom. The fraction of sp³-hybridized carbons (Fsp3) is 0.714. The van der Waals surface area contributed by atoms with Crippen molar-refractivity contribution in [3.8, 4) is 0 Å². The summed E-state index contributed by atoms with van der Waals surface area (Å²) in [6.45, 7) is 6.62. The number of carbonyl (C=O) groups excluding carboxylic acids is 1. The fourth-order valence-electron chi connectivity index (χ4n) is 0.519. The molecule has 0 rings (SSSR count). The van der Waals surface area contributed by atoms with Crippen molar-refractivity contribution in [1.82, 2.24) is 4.81 Å². The van der Waals surface area contributed by atoms with Gasteiger partial charge in [0.15, 0.2) is 7.98 Å². The van der Waals surface area contributed by atoms with Gasteiger partial charge in [-0.05, 0) is 6.42 Å². The molecular formula is C7H12BNO2U. The zero-order valence-electron chi connectivity index (χ0n) is 7.25. The second-order valence-corrected chi connectivity index (χ2v) is 2.23. The van der Waals surface area contributed by atoms with Gasteiger partial charge in [-0.2, -0.15) is 6.41 Å². The quantitative estimate of drug-likeness (QED) is 0.278. The number of ether oxygens (including phenoxy) is 1. The summed E-state index contributed by atoms with van der Waals surface area (Å²) in [6, 6.07) is -0.348. The van der Waals surface area contributed by atoms with Crippen molar-refractivity contribution in [2.45, 2.75) is 19.4 Å². The third-order valence-corrected chi connectivity index (χ3v) is 1.16. The van der Waals surface area contributed by atoms with Crippen molar-refractivity contribution in [2.75, 3.05) is 13.2 Å². The van der Waals surface area contributed by atoms with Crippen LogP contribution in [0, 0.1) is 38.0 Å². The van der Waals surface area contributed by atoms with E-state index >= 15 is 0 Å². The van der Waals surface area contributed by atoms with Crippen molar-refractivity contribution in [1.29, 1.82) is 0 Å². The van der Waals surface area contributed by atoms with Gasteiger partial charge in [-0.15, -0.1) is 6.04 Å². The van der Waals surface area contributed by atoms with Crippen LogP contribution in [0.3, 0.4) is 0 Å². The summed E-state index contributed by atoms with van der Waals surface area (Å²) >= 11 is 0. The van der Waals surface area contributed by atoms with Crippen molar-refractivity contribution >= 4 is 14.4 Å². The van der Waals surface area contributed by atoms with Crippen LogP contribution in [0.25, 0.3) is 0 Å². The van der Waals surface area contributed by atoms with Gasteiger partial charge in [-0.1, -0.05) is 6.92 Å². The number of nitrogens with zero attached hydrogens (tertiary/aromatic N) is 1. The molecule has 0 spiro atoms. The molecular weight excluding hydrogens is 379 g/mol.